The van der Waals surface area contributed by atoms with E-state index in [0.29, 0.717) is 12.4 Å². The maximum atomic E-state index is 12.5. The molecule has 1 rings (SSSR count). The van der Waals surface area contributed by atoms with Gasteiger partial charge in [0.25, 0.3) is 0 Å². The minimum absolute atomic E-state index is 0.563. The first-order valence-corrected chi connectivity index (χ1v) is 2.85. The fourth-order valence-electron chi connectivity index (χ4n) is 0.580. The number of alkyl halides is 2. The second-order valence-corrected chi connectivity index (χ2v) is 1.81. The molecule has 0 spiro atoms. The standard InChI is InChI=1S/C6H3F4NO/c7-3-1-11-2-4(5(3)8)12-6(9)10/h1-2,6H. The first-order chi connectivity index (χ1) is 5.61. The van der Waals surface area contributed by atoms with Gasteiger partial charge in [0, 0.05) is 0 Å². The Hall–Kier alpha value is -1.33. The molecule has 0 amide bonds. The smallest absolute Gasteiger partial charge is 0.387 e. The van der Waals surface area contributed by atoms with Crippen molar-refractivity contribution in [1.29, 1.82) is 0 Å². The molecule has 0 aromatic carbocycles. The van der Waals surface area contributed by atoms with Crippen LogP contribution in [-0.4, -0.2) is 11.6 Å². The first-order valence-electron chi connectivity index (χ1n) is 2.85. The molecule has 2 nitrogen and oxygen atoms in total. The van der Waals surface area contributed by atoms with Gasteiger partial charge in [0.2, 0.25) is 5.82 Å². The lowest BCUT2D eigenvalue weighted by Crippen LogP contribution is -2.05. The van der Waals surface area contributed by atoms with Crippen LogP contribution >= 0.6 is 0 Å². The van der Waals surface area contributed by atoms with E-state index in [-0.39, 0.29) is 0 Å². The van der Waals surface area contributed by atoms with Crippen LogP contribution in [0.2, 0.25) is 0 Å². The van der Waals surface area contributed by atoms with E-state index in [1.54, 1.807) is 0 Å². The summed E-state index contributed by atoms with van der Waals surface area (Å²) >= 11 is 0. The van der Waals surface area contributed by atoms with E-state index in [1.807, 2.05) is 0 Å². The number of pyridine rings is 1. The van der Waals surface area contributed by atoms with Gasteiger partial charge in [-0.3, -0.25) is 4.98 Å². The molecule has 0 fully saturated rings. The summed E-state index contributed by atoms with van der Waals surface area (Å²) in [5.74, 6) is -3.69. The highest BCUT2D eigenvalue weighted by Crippen LogP contribution is 2.19. The first kappa shape index (κ1) is 8.76. The van der Waals surface area contributed by atoms with Crippen molar-refractivity contribution in [1.82, 2.24) is 4.98 Å². The molecule has 12 heavy (non-hydrogen) atoms. The van der Waals surface area contributed by atoms with Gasteiger partial charge in [-0.1, -0.05) is 0 Å². The molecule has 0 unspecified atom stereocenters. The van der Waals surface area contributed by atoms with Crippen LogP contribution in [0.3, 0.4) is 0 Å². The van der Waals surface area contributed by atoms with E-state index >= 15 is 0 Å². The number of ether oxygens (including phenoxy) is 1. The van der Waals surface area contributed by atoms with Crippen LogP contribution in [0.15, 0.2) is 12.4 Å². The second kappa shape index (κ2) is 3.38. The average molecular weight is 181 g/mol. The molecule has 0 aliphatic heterocycles. The molecule has 0 N–H and O–H groups in total. The van der Waals surface area contributed by atoms with Crippen LogP contribution in [0.5, 0.6) is 5.75 Å². The predicted octanol–water partition coefficient (Wildman–Crippen LogP) is 1.96. The van der Waals surface area contributed by atoms with Crippen LogP contribution in [0.4, 0.5) is 17.6 Å². The van der Waals surface area contributed by atoms with Crippen LogP contribution in [0, 0.1) is 11.6 Å². The molecule has 0 atom stereocenters. The van der Waals surface area contributed by atoms with Gasteiger partial charge in [0.15, 0.2) is 11.6 Å². The van der Waals surface area contributed by atoms with Gasteiger partial charge in [-0.25, -0.2) is 4.39 Å². The number of halogens is 4. The number of hydrogen-bond donors (Lipinski definition) is 0. The lowest BCUT2D eigenvalue weighted by atomic mass is 10.4. The van der Waals surface area contributed by atoms with E-state index < -0.39 is 24.0 Å². The van der Waals surface area contributed by atoms with Crippen molar-refractivity contribution in [3.05, 3.63) is 24.0 Å². The van der Waals surface area contributed by atoms with Gasteiger partial charge >= 0.3 is 6.61 Å². The summed E-state index contributed by atoms with van der Waals surface area (Å²) in [7, 11) is 0. The summed E-state index contributed by atoms with van der Waals surface area (Å²) < 4.78 is 51.4. The fourth-order valence-corrected chi connectivity index (χ4v) is 0.580. The molecule has 1 aromatic rings. The molecule has 0 bridgehead atoms. The zero-order valence-corrected chi connectivity index (χ0v) is 5.60. The SMILES string of the molecule is Fc1cncc(OC(F)F)c1F. The van der Waals surface area contributed by atoms with Gasteiger partial charge in [-0.15, -0.1) is 0 Å². The highest BCUT2D eigenvalue weighted by atomic mass is 19.3. The average Bonchev–Trinajstić information content (AvgIpc) is 1.98. The van der Waals surface area contributed by atoms with Crippen molar-refractivity contribution in [2.75, 3.05) is 0 Å². The Bertz CT molecular complexity index is 278. The zero-order chi connectivity index (χ0) is 9.14. The molecule has 1 aromatic heterocycles. The third-order valence-corrected chi connectivity index (χ3v) is 1.02. The summed E-state index contributed by atoms with van der Waals surface area (Å²) in [5.41, 5.74) is 0. The van der Waals surface area contributed by atoms with Crippen LogP contribution < -0.4 is 4.74 Å². The molecule has 1 heterocycles. The Balaban J connectivity index is 2.92. The van der Waals surface area contributed by atoms with E-state index in [9.17, 15) is 17.6 Å². The normalized spacial score (nSPS) is 10.4. The van der Waals surface area contributed by atoms with Gasteiger partial charge in [-0.05, 0) is 0 Å². The third kappa shape index (κ3) is 1.84. The Morgan fingerprint density at radius 1 is 1.25 bits per heavy atom. The largest absolute Gasteiger partial charge is 0.430 e. The lowest BCUT2D eigenvalue weighted by Gasteiger charge is -2.03. The monoisotopic (exact) mass is 181 g/mol. The summed E-state index contributed by atoms with van der Waals surface area (Å²) in [5, 5.41) is 0. The number of nitrogens with zero attached hydrogens (tertiary/aromatic N) is 1. The van der Waals surface area contributed by atoms with Crippen molar-refractivity contribution in [3.8, 4) is 5.75 Å². The van der Waals surface area contributed by atoms with Crippen molar-refractivity contribution in [3.63, 3.8) is 0 Å². The molecule has 0 aliphatic carbocycles. The summed E-state index contributed by atoms with van der Waals surface area (Å²) in [6, 6.07) is 0. The van der Waals surface area contributed by atoms with E-state index in [4.69, 9.17) is 0 Å². The number of hydrogen-bond acceptors (Lipinski definition) is 2. The van der Waals surface area contributed by atoms with E-state index in [1.165, 1.54) is 0 Å². The van der Waals surface area contributed by atoms with Crippen LogP contribution in [0.25, 0.3) is 0 Å². The zero-order valence-electron chi connectivity index (χ0n) is 5.60. The van der Waals surface area contributed by atoms with Crippen molar-refractivity contribution >= 4 is 0 Å². The number of rotatable bonds is 2. The third-order valence-electron chi connectivity index (χ3n) is 1.02. The summed E-state index contributed by atoms with van der Waals surface area (Å²) in [6.45, 7) is -3.19. The maximum Gasteiger partial charge on any atom is 0.387 e. The molecule has 0 saturated carbocycles. The Kier molecular flexibility index (Phi) is 2.47. The number of aromatic nitrogens is 1. The van der Waals surface area contributed by atoms with Gasteiger partial charge < -0.3 is 4.74 Å². The predicted molar refractivity (Wildman–Crippen MR) is 30.8 cm³/mol. The Labute approximate surface area is 64.8 Å². The van der Waals surface area contributed by atoms with E-state index in [2.05, 4.69) is 9.72 Å². The molecule has 0 aliphatic rings. The van der Waals surface area contributed by atoms with Gasteiger partial charge in [-0.2, -0.15) is 13.2 Å². The van der Waals surface area contributed by atoms with Crippen molar-refractivity contribution < 1.29 is 22.3 Å². The fraction of sp³-hybridized carbons (Fsp3) is 0.167. The van der Waals surface area contributed by atoms with Gasteiger partial charge in [0.1, 0.15) is 0 Å². The second-order valence-electron chi connectivity index (χ2n) is 1.81. The summed E-state index contributed by atoms with van der Waals surface area (Å²) in [6.07, 6.45) is 1.23. The quantitative estimate of drug-likeness (QED) is 0.650. The van der Waals surface area contributed by atoms with Gasteiger partial charge in [0.05, 0.1) is 12.4 Å². The minimum atomic E-state index is -3.19. The minimum Gasteiger partial charge on any atom is -0.430 e. The molecule has 0 saturated heterocycles. The molecule has 6 heteroatoms. The molecule has 66 valence electrons. The summed E-state index contributed by atoms with van der Waals surface area (Å²) in [4.78, 5) is 3.12. The molecular weight excluding hydrogens is 178 g/mol. The highest BCUT2D eigenvalue weighted by Gasteiger charge is 2.13. The maximum absolute atomic E-state index is 12.5. The van der Waals surface area contributed by atoms with E-state index in [0.717, 1.165) is 0 Å². The van der Waals surface area contributed by atoms with Crippen molar-refractivity contribution in [2.24, 2.45) is 0 Å². The van der Waals surface area contributed by atoms with Crippen LogP contribution in [-0.2, 0) is 0 Å². The molecular formula is C6H3F4NO. The van der Waals surface area contributed by atoms with Crippen LogP contribution in [0.1, 0.15) is 0 Å². The van der Waals surface area contributed by atoms with Crippen molar-refractivity contribution in [2.45, 2.75) is 6.61 Å². The highest BCUT2D eigenvalue weighted by molar-refractivity contribution is 5.19. The Morgan fingerprint density at radius 3 is 2.50 bits per heavy atom. The lowest BCUT2D eigenvalue weighted by molar-refractivity contribution is -0.0527. The topological polar surface area (TPSA) is 22.1 Å². The molecule has 0 radical (unpaired) electrons. The Morgan fingerprint density at radius 2 is 1.92 bits per heavy atom.